The van der Waals surface area contributed by atoms with Crippen molar-refractivity contribution in [2.24, 2.45) is 0 Å². The summed E-state index contributed by atoms with van der Waals surface area (Å²) in [6.07, 6.45) is 2.17. The smallest absolute Gasteiger partial charge is 0.138 e. The first-order valence-electron chi connectivity index (χ1n) is 7.23. The number of aryl methyl sites for hydroxylation is 1. The van der Waals surface area contributed by atoms with E-state index >= 15 is 0 Å². The average molecular weight is 268 g/mol. The first-order valence-corrected chi connectivity index (χ1v) is 7.23. The predicted octanol–water partition coefficient (Wildman–Crippen LogP) is 3.30. The van der Waals surface area contributed by atoms with Crippen molar-refractivity contribution in [2.45, 2.75) is 26.7 Å². The summed E-state index contributed by atoms with van der Waals surface area (Å²) in [5.41, 5.74) is 2.67. The van der Waals surface area contributed by atoms with Crippen molar-refractivity contribution in [3.05, 3.63) is 41.7 Å². The molecule has 4 nitrogen and oxygen atoms in total. The molecule has 0 radical (unpaired) electrons. The lowest BCUT2D eigenvalue weighted by atomic mass is 10.2. The summed E-state index contributed by atoms with van der Waals surface area (Å²) < 4.78 is 0. The molecular formula is C16H20N4. The molecule has 2 aromatic rings. The summed E-state index contributed by atoms with van der Waals surface area (Å²) in [4.78, 5) is 11.3. The number of aromatic nitrogens is 2. The Kier molecular flexibility index (Phi) is 3.54. The van der Waals surface area contributed by atoms with E-state index in [2.05, 4.69) is 51.4 Å². The van der Waals surface area contributed by atoms with Crippen LogP contribution >= 0.6 is 0 Å². The Bertz CT molecular complexity index is 609. The van der Waals surface area contributed by atoms with Crippen molar-refractivity contribution in [1.29, 1.82) is 0 Å². The van der Waals surface area contributed by atoms with Crippen LogP contribution in [-0.4, -0.2) is 23.1 Å². The predicted molar refractivity (Wildman–Crippen MR) is 82.7 cm³/mol. The second kappa shape index (κ2) is 5.49. The van der Waals surface area contributed by atoms with Crippen molar-refractivity contribution < 1.29 is 0 Å². The highest BCUT2D eigenvalue weighted by Gasteiger charge is 2.21. The summed E-state index contributed by atoms with van der Waals surface area (Å²) in [7, 11) is 0. The first kappa shape index (κ1) is 12.9. The molecule has 1 aromatic carbocycles. The molecule has 1 aliphatic heterocycles. The van der Waals surface area contributed by atoms with Gasteiger partial charge in [0.2, 0.25) is 0 Å². The number of benzene rings is 1. The Morgan fingerprint density at radius 2 is 2.10 bits per heavy atom. The van der Waals surface area contributed by atoms with Gasteiger partial charge in [-0.25, -0.2) is 9.97 Å². The third-order valence-electron chi connectivity index (χ3n) is 3.54. The van der Waals surface area contributed by atoms with Gasteiger partial charge < -0.3 is 10.2 Å². The molecule has 0 fully saturated rings. The van der Waals surface area contributed by atoms with Crippen LogP contribution in [0.4, 0.5) is 17.3 Å². The van der Waals surface area contributed by atoms with Crippen LogP contribution in [0, 0.1) is 6.92 Å². The van der Waals surface area contributed by atoms with E-state index in [1.54, 1.807) is 0 Å². The van der Waals surface area contributed by atoms with E-state index in [1.807, 2.05) is 13.0 Å². The number of nitrogens with zero attached hydrogens (tertiary/aromatic N) is 3. The Morgan fingerprint density at radius 3 is 2.95 bits per heavy atom. The Labute approximate surface area is 119 Å². The Balaban J connectivity index is 1.93. The van der Waals surface area contributed by atoms with E-state index in [0.29, 0.717) is 0 Å². The summed E-state index contributed by atoms with van der Waals surface area (Å²) in [5.74, 6) is 2.71. The highest BCUT2D eigenvalue weighted by Crippen LogP contribution is 2.33. The molecule has 0 saturated heterocycles. The van der Waals surface area contributed by atoms with Gasteiger partial charge in [-0.3, -0.25) is 0 Å². The summed E-state index contributed by atoms with van der Waals surface area (Å²) >= 11 is 0. The molecule has 3 rings (SSSR count). The van der Waals surface area contributed by atoms with Crippen molar-refractivity contribution in [2.75, 3.05) is 23.3 Å². The number of anilines is 3. The van der Waals surface area contributed by atoms with E-state index in [-0.39, 0.29) is 0 Å². The van der Waals surface area contributed by atoms with E-state index in [4.69, 9.17) is 0 Å². The minimum atomic E-state index is 0.811. The quantitative estimate of drug-likeness (QED) is 0.923. The minimum Gasteiger partial charge on any atom is -0.370 e. The average Bonchev–Trinajstić information content (AvgIpc) is 2.88. The molecule has 1 aromatic heterocycles. The lowest BCUT2D eigenvalue weighted by Gasteiger charge is -2.19. The summed E-state index contributed by atoms with van der Waals surface area (Å²) in [5, 5.41) is 3.35. The SMILES string of the molecule is CCCNc1cc(N2CCc3ccccc32)nc(C)n1. The third-order valence-corrected chi connectivity index (χ3v) is 3.54. The number of nitrogens with one attached hydrogen (secondary N) is 1. The second-order valence-corrected chi connectivity index (χ2v) is 5.12. The van der Waals surface area contributed by atoms with Gasteiger partial charge in [0.25, 0.3) is 0 Å². The number of rotatable bonds is 4. The van der Waals surface area contributed by atoms with Crippen LogP contribution < -0.4 is 10.2 Å². The maximum Gasteiger partial charge on any atom is 0.138 e. The molecule has 0 atom stereocenters. The molecule has 1 N–H and O–H groups in total. The molecule has 0 spiro atoms. The van der Waals surface area contributed by atoms with Crippen molar-refractivity contribution >= 4 is 17.3 Å². The van der Waals surface area contributed by atoms with Gasteiger partial charge in [0.1, 0.15) is 17.5 Å². The molecular weight excluding hydrogens is 248 g/mol. The van der Waals surface area contributed by atoms with Gasteiger partial charge in [-0.05, 0) is 31.4 Å². The lowest BCUT2D eigenvalue weighted by molar-refractivity contribution is 0.928. The fourth-order valence-electron chi connectivity index (χ4n) is 2.61. The zero-order valence-electron chi connectivity index (χ0n) is 12.1. The van der Waals surface area contributed by atoms with Gasteiger partial charge in [-0.15, -0.1) is 0 Å². The fourth-order valence-corrected chi connectivity index (χ4v) is 2.61. The fraction of sp³-hybridized carbons (Fsp3) is 0.375. The molecule has 0 aliphatic carbocycles. The lowest BCUT2D eigenvalue weighted by Crippen LogP contribution is -2.16. The summed E-state index contributed by atoms with van der Waals surface area (Å²) in [6, 6.07) is 10.6. The highest BCUT2D eigenvalue weighted by atomic mass is 15.2. The van der Waals surface area contributed by atoms with Crippen LogP contribution in [0.25, 0.3) is 0 Å². The van der Waals surface area contributed by atoms with E-state index in [0.717, 1.165) is 43.4 Å². The second-order valence-electron chi connectivity index (χ2n) is 5.12. The topological polar surface area (TPSA) is 41.0 Å². The molecule has 2 heterocycles. The molecule has 20 heavy (non-hydrogen) atoms. The number of fused-ring (bicyclic) bond motifs is 1. The van der Waals surface area contributed by atoms with Crippen LogP contribution in [0.3, 0.4) is 0 Å². The molecule has 0 unspecified atom stereocenters. The third kappa shape index (κ3) is 2.46. The zero-order chi connectivity index (χ0) is 13.9. The van der Waals surface area contributed by atoms with E-state index < -0.39 is 0 Å². The first-order chi connectivity index (χ1) is 9.78. The molecule has 0 saturated carbocycles. The van der Waals surface area contributed by atoms with E-state index in [1.165, 1.54) is 11.3 Å². The Hall–Kier alpha value is -2.10. The Morgan fingerprint density at radius 1 is 1.25 bits per heavy atom. The molecule has 0 bridgehead atoms. The van der Waals surface area contributed by atoms with Crippen LogP contribution in [0.1, 0.15) is 24.7 Å². The molecule has 4 heteroatoms. The van der Waals surface area contributed by atoms with Gasteiger partial charge in [0.05, 0.1) is 0 Å². The zero-order valence-corrected chi connectivity index (χ0v) is 12.1. The van der Waals surface area contributed by atoms with Gasteiger partial charge in [0, 0.05) is 24.8 Å². The van der Waals surface area contributed by atoms with Gasteiger partial charge >= 0.3 is 0 Å². The van der Waals surface area contributed by atoms with Crippen molar-refractivity contribution in [3.8, 4) is 0 Å². The normalized spacial score (nSPS) is 13.4. The number of hydrogen-bond donors (Lipinski definition) is 1. The summed E-state index contributed by atoms with van der Waals surface area (Å²) in [6.45, 7) is 6.02. The molecule has 104 valence electrons. The molecule has 1 aliphatic rings. The van der Waals surface area contributed by atoms with Gasteiger partial charge in [0.15, 0.2) is 0 Å². The maximum atomic E-state index is 4.60. The van der Waals surface area contributed by atoms with E-state index in [9.17, 15) is 0 Å². The van der Waals surface area contributed by atoms with Crippen LogP contribution in [-0.2, 0) is 6.42 Å². The monoisotopic (exact) mass is 268 g/mol. The standard InChI is InChI=1S/C16H20N4/c1-3-9-17-15-11-16(19-12(2)18-15)20-10-8-13-6-4-5-7-14(13)20/h4-7,11H,3,8-10H2,1-2H3,(H,17,18,19). The van der Waals surface area contributed by atoms with Crippen molar-refractivity contribution in [3.63, 3.8) is 0 Å². The maximum absolute atomic E-state index is 4.60. The van der Waals surface area contributed by atoms with Gasteiger partial charge in [-0.2, -0.15) is 0 Å². The minimum absolute atomic E-state index is 0.811. The van der Waals surface area contributed by atoms with Crippen LogP contribution in [0.2, 0.25) is 0 Å². The van der Waals surface area contributed by atoms with Crippen molar-refractivity contribution in [1.82, 2.24) is 9.97 Å². The highest BCUT2D eigenvalue weighted by molar-refractivity contribution is 5.68. The molecule has 0 amide bonds. The largest absolute Gasteiger partial charge is 0.370 e. The van der Waals surface area contributed by atoms with Gasteiger partial charge in [-0.1, -0.05) is 25.1 Å². The number of hydrogen-bond acceptors (Lipinski definition) is 4. The van der Waals surface area contributed by atoms with Crippen LogP contribution in [0.15, 0.2) is 30.3 Å². The number of para-hydroxylation sites is 1. The van der Waals surface area contributed by atoms with Crippen LogP contribution in [0.5, 0.6) is 0 Å².